The molecule has 6 heteroatoms. The lowest BCUT2D eigenvalue weighted by Crippen LogP contribution is -2.44. The third-order valence-corrected chi connectivity index (χ3v) is 2.96. The molecule has 1 fully saturated rings. The molecule has 102 valence electrons. The molecule has 6 nitrogen and oxygen atoms in total. The van der Waals surface area contributed by atoms with Crippen molar-refractivity contribution >= 4 is 17.6 Å². The number of likely N-dealkylation sites (tertiary alicyclic amines) is 1. The summed E-state index contributed by atoms with van der Waals surface area (Å²) in [5.74, 6) is 0.168. The van der Waals surface area contributed by atoms with E-state index in [4.69, 9.17) is 0 Å². The number of hydrogen-bond donors (Lipinski definition) is 2. The molecule has 1 saturated heterocycles. The molecule has 0 aromatic carbocycles. The van der Waals surface area contributed by atoms with Gasteiger partial charge in [-0.05, 0) is 25.5 Å². The van der Waals surface area contributed by atoms with Crippen molar-refractivity contribution in [2.75, 3.05) is 18.4 Å². The van der Waals surface area contributed by atoms with E-state index < -0.39 is 0 Å². The summed E-state index contributed by atoms with van der Waals surface area (Å²) in [7, 11) is 0. The van der Waals surface area contributed by atoms with E-state index in [1.807, 2.05) is 6.92 Å². The zero-order valence-corrected chi connectivity index (χ0v) is 10.9. The minimum Gasteiger partial charge on any atom is -0.341 e. The number of rotatable bonds is 4. The number of amides is 3. The molecule has 0 bridgehead atoms. The largest absolute Gasteiger partial charge is 0.341 e. The third kappa shape index (κ3) is 3.94. The number of aromatic nitrogens is 1. The molecule has 1 atom stereocenters. The van der Waals surface area contributed by atoms with Crippen LogP contribution in [-0.4, -0.2) is 41.0 Å². The van der Waals surface area contributed by atoms with Gasteiger partial charge in [-0.25, -0.2) is 4.79 Å². The molecule has 1 aromatic heterocycles. The summed E-state index contributed by atoms with van der Waals surface area (Å²) in [6.45, 7) is 3.22. The monoisotopic (exact) mass is 262 g/mol. The van der Waals surface area contributed by atoms with Crippen molar-refractivity contribution in [3.05, 3.63) is 24.5 Å². The number of nitrogens with zero attached hydrogens (tertiary/aromatic N) is 2. The lowest BCUT2D eigenvalue weighted by atomic mass is 10.3. The zero-order valence-electron chi connectivity index (χ0n) is 10.9. The van der Waals surface area contributed by atoms with Crippen molar-refractivity contribution in [1.29, 1.82) is 0 Å². The van der Waals surface area contributed by atoms with E-state index in [0.717, 1.165) is 13.0 Å². The lowest BCUT2D eigenvalue weighted by molar-refractivity contribution is -0.127. The first-order valence-corrected chi connectivity index (χ1v) is 6.40. The summed E-state index contributed by atoms with van der Waals surface area (Å²) in [6.07, 6.45) is 4.75. The molecule has 3 amide bonds. The van der Waals surface area contributed by atoms with Crippen molar-refractivity contribution in [3.8, 4) is 0 Å². The van der Waals surface area contributed by atoms with Crippen LogP contribution in [0.2, 0.25) is 0 Å². The molecule has 0 spiro atoms. The van der Waals surface area contributed by atoms with Crippen LogP contribution in [0.4, 0.5) is 10.5 Å². The van der Waals surface area contributed by atoms with Crippen LogP contribution < -0.4 is 10.6 Å². The van der Waals surface area contributed by atoms with E-state index in [1.54, 1.807) is 29.4 Å². The molecule has 1 aliphatic heterocycles. The first kappa shape index (κ1) is 13.3. The van der Waals surface area contributed by atoms with Crippen LogP contribution in [-0.2, 0) is 4.79 Å². The van der Waals surface area contributed by atoms with Gasteiger partial charge < -0.3 is 15.5 Å². The summed E-state index contributed by atoms with van der Waals surface area (Å²) in [4.78, 5) is 28.9. The Balaban J connectivity index is 1.77. The highest BCUT2D eigenvalue weighted by molar-refractivity contribution is 5.89. The van der Waals surface area contributed by atoms with Crippen molar-refractivity contribution in [3.63, 3.8) is 0 Å². The van der Waals surface area contributed by atoms with Gasteiger partial charge in [0.25, 0.3) is 0 Å². The maximum absolute atomic E-state index is 11.7. The first-order valence-electron chi connectivity index (χ1n) is 6.40. The molecular weight excluding hydrogens is 244 g/mol. The average molecular weight is 262 g/mol. The number of urea groups is 1. The number of hydrogen-bond acceptors (Lipinski definition) is 3. The highest BCUT2D eigenvalue weighted by Crippen LogP contribution is 2.09. The van der Waals surface area contributed by atoms with Crippen molar-refractivity contribution in [1.82, 2.24) is 15.2 Å². The number of carbonyl (C=O) groups excluding carboxylic acids is 2. The van der Waals surface area contributed by atoms with Crippen LogP contribution >= 0.6 is 0 Å². The fraction of sp³-hybridized carbons (Fsp3) is 0.462. The fourth-order valence-corrected chi connectivity index (χ4v) is 2.10. The van der Waals surface area contributed by atoms with Crippen LogP contribution in [0.25, 0.3) is 0 Å². The smallest absolute Gasteiger partial charge is 0.319 e. The van der Waals surface area contributed by atoms with Crippen molar-refractivity contribution < 1.29 is 9.59 Å². The quantitative estimate of drug-likeness (QED) is 0.856. The summed E-state index contributed by atoms with van der Waals surface area (Å²) in [6, 6.07) is 3.15. The van der Waals surface area contributed by atoms with Gasteiger partial charge in [-0.2, -0.15) is 0 Å². The predicted octanol–water partition coefficient (Wildman–Crippen LogP) is 1.21. The fourth-order valence-electron chi connectivity index (χ4n) is 2.10. The number of anilines is 1. The highest BCUT2D eigenvalue weighted by Gasteiger charge is 2.22. The molecule has 1 aromatic rings. The van der Waals surface area contributed by atoms with Gasteiger partial charge in [0.1, 0.15) is 0 Å². The van der Waals surface area contributed by atoms with Crippen LogP contribution in [0.15, 0.2) is 24.5 Å². The van der Waals surface area contributed by atoms with E-state index in [2.05, 4.69) is 15.6 Å². The van der Waals surface area contributed by atoms with E-state index in [0.29, 0.717) is 18.7 Å². The van der Waals surface area contributed by atoms with E-state index in [9.17, 15) is 9.59 Å². The summed E-state index contributed by atoms with van der Waals surface area (Å²) in [5, 5.41) is 5.50. The van der Waals surface area contributed by atoms with Gasteiger partial charge in [0, 0.05) is 31.7 Å². The van der Waals surface area contributed by atoms with Crippen LogP contribution in [0.5, 0.6) is 0 Å². The van der Waals surface area contributed by atoms with E-state index in [-0.39, 0.29) is 18.0 Å². The van der Waals surface area contributed by atoms with Gasteiger partial charge in [0.2, 0.25) is 5.91 Å². The molecule has 0 saturated carbocycles. The zero-order chi connectivity index (χ0) is 13.7. The van der Waals surface area contributed by atoms with Gasteiger partial charge in [-0.3, -0.25) is 9.78 Å². The summed E-state index contributed by atoms with van der Waals surface area (Å²) in [5.41, 5.74) is 0.643. The average Bonchev–Trinajstić information content (AvgIpc) is 2.76. The van der Waals surface area contributed by atoms with Crippen molar-refractivity contribution in [2.45, 2.75) is 25.8 Å². The molecule has 1 unspecified atom stereocenters. The summed E-state index contributed by atoms with van der Waals surface area (Å²) >= 11 is 0. The molecule has 2 heterocycles. The second kappa shape index (κ2) is 6.17. The number of nitrogens with one attached hydrogen (secondary N) is 2. The Bertz CT molecular complexity index is 449. The molecule has 0 aliphatic carbocycles. The van der Waals surface area contributed by atoms with Gasteiger partial charge in [-0.1, -0.05) is 0 Å². The van der Waals surface area contributed by atoms with Gasteiger partial charge in [0.05, 0.1) is 11.9 Å². The minimum atomic E-state index is -0.285. The Morgan fingerprint density at radius 2 is 2.42 bits per heavy atom. The second-order valence-electron chi connectivity index (χ2n) is 4.68. The normalized spacial score (nSPS) is 16.3. The van der Waals surface area contributed by atoms with Crippen molar-refractivity contribution in [2.24, 2.45) is 0 Å². The Morgan fingerprint density at radius 3 is 3.05 bits per heavy atom. The lowest BCUT2D eigenvalue weighted by Gasteiger charge is -2.21. The highest BCUT2D eigenvalue weighted by atomic mass is 16.2. The molecule has 2 rings (SSSR count). The molecule has 0 radical (unpaired) electrons. The maximum Gasteiger partial charge on any atom is 0.319 e. The SMILES string of the molecule is CC(CN1CCCC1=O)NC(=O)Nc1cccnc1. The van der Waals surface area contributed by atoms with Crippen LogP contribution in [0.3, 0.4) is 0 Å². The second-order valence-corrected chi connectivity index (χ2v) is 4.68. The minimum absolute atomic E-state index is 0.0845. The Kier molecular flexibility index (Phi) is 4.33. The summed E-state index contributed by atoms with van der Waals surface area (Å²) < 4.78 is 0. The Morgan fingerprint density at radius 1 is 1.58 bits per heavy atom. The maximum atomic E-state index is 11.7. The number of carbonyl (C=O) groups is 2. The molecule has 1 aliphatic rings. The van der Waals surface area contributed by atoms with Gasteiger partial charge in [0.15, 0.2) is 0 Å². The van der Waals surface area contributed by atoms with Crippen LogP contribution in [0, 0.1) is 0 Å². The van der Waals surface area contributed by atoms with Crippen LogP contribution in [0.1, 0.15) is 19.8 Å². The third-order valence-electron chi connectivity index (χ3n) is 2.96. The topological polar surface area (TPSA) is 74.3 Å². The van der Waals surface area contributed by atoms with Gasteiger partial charge in [-0.15, -0.1) is 0 Å². The van der Waals surface area contributed by atoms with E-state index in [1.165, 1.54) is 0 Å². The standard InChI is InChI=1S/C13H18N4O2/c1-10(9-17-7-3-5-12(17)18)15-13(19)16-11-4-2-6-14-8-11/h2,4,6,8,10H,3,5,7,9H2,1H3,(H2,15,16,19). The molecule has 2 N–H and O–H groups in total. The molecular formula is C13H18N4O2. The van der Waals surface area contributed by atoms with E-state index >= 15 is 0 Å². The Hall–Kier alpha value is -2.11. The Labute approximate surface area is 112 Å². The first-order chi connectivity index (χ1) is 9.15. The van der Waals surface area contributed by atoms with Gasteiger partial charge >= 0.3 is 6.03 Å². The predicted molar refractivity (Wildman–Crippen MR) is 71.7 cm³/mol. The number of pyridine rings is 1. The molecule has 19 heavy (non-hydrogen) atoms.